The summed E-state index contributed by atoms with van der Waals surface area (Å²) in [7, 11) is 0. The van der Waals surface area contributed by atoms with Crippen LogP contribution in [0, 0.1) is 6.92 Å². The molecule has 0 heterocycles. The Hall–Kier alpha value is -0.0800. The van der Waals surface area contributed by atoms with E-state index < -0.39 is 0 Å². The highest BCUT2D eigenvalue weighted by Gasteiger charge is 1.71. The van der Waals surface area contributed by atoms with E-state index in [4.69, 9.17) is 5.73 Å². The van der Waals surface area contributed by atoms with Gasteiger partial charge >= 0.3 is 0 Å². The molecule has 0 amide bonds. The van der Waals surface area contributed by atoms with Crippen molar-refractivity contribution in [3.8, 4) is 0 Å². The van der Waals surface area contributed by atoms with Crippen molar-refractivity contribution in [2.24, 2.45) is 5.73 Å². The zero-order valence-corrected chi connectivity index (χ0v) is 3.91. The van der Waals surface area contributed by atoms with Gasteiger partial charge in [-0.05, 0) is 13.0 Å². The summed E-state index contributed by atoms with van der Waals surface area (Å²) in [5.74, 6) is 0. The van der Waals surface area contributed by atoms with Crippen molar-refractivity contribution in [2.75, 3.05) is 13.2 Å². The van der Waals surface area contributed by atoms with Crippen molar-refractivity contribution in [1.82, 2.24) is 5.32 Å². The largest absolute Gasteiger partial charge is 0.318 e. The molecule has 6 heavy (non-hydrogen) atoms. The Morgan fingerprint density at radius 1 is 1.67 bits per heavy atom. The van der Waals surface area contributed by atoms with Gasteiger partial charge in [0.25, 0.3) is 0 Å². The molecule has 2 heteroatoms. The molecular weight excluding hydrogens is 76.1 g/mol. The van der Waals surface area contributed by atoms with E-state index in [2.05, 4.69) is 12.2 Å². The van der Waals surface area contributed by atoms with Crippen LogP contribution in [-0.2, 0) is 0 Å². The summed E-state index contributed by atoms with van der Waals surface area (Å²) >= 11 is 0. The van der Waals surface area contributed by atoms with Gasteiger partial charge in [-0.2, -0.15) is 0 Å². The maximum absolute atomic E-state index is 5.08. The molecule has 0 aromatic rings. The summed E-state index contributed by atoms with van der Waals surface area (Å²) in [5, 5.41) is 2.91. The maximum atomic E-state index is 5.08. The fourth-order valence-electron chi connectivity index (χ4n) is 0.227. The lowest BCUT2D eigenvalue weighted by Crippen LogP contribution is -2.22. The van der Waals surface area contributed by atoms with Crippen LogP contribution >= 0.6 is 0 Å². The summed E-state index contributed by atoms with van der Waals surface area (Å²) in [6.45, 7) is 5.10. The molecule has 0 aliphatic carbocycles. The molecule has 0 aromatic heterocycles. The maximum Gasteiger partial charge on any atom is 0.0428 e. The van der Waals surface area contributed by atoms with E-state index in [-0.39, 0.29) is 0 Å². The quantitative estimate of drug-likeness (QED) is 0.367. The fraction of sp³-hybridized carbons (Fsp3) is 0.750. The third kappa shape index (κ3) is 3.92. The molecule has 0 aromatic carbocycles. The first-order valence-electron chi connectivity index (χ1n) is 2.12. The van der Waals surface area contributed by atoms with Gasteiger partial charge in [0.2, 0.25) is 0 Å². The van der Waals surface area contributed by atoms with Crippen LogP contribution in [0.25, 0.3) is 0 Å². The summed E-state index contributed by atoms with van der Waals surface area (Å²) in [4.78, 5) is 0. The zero-order chi connectivity index (χ0) is 4.83. The summed E-state index contributed by atoms with van der Waals surface area (Å²) in [6.07, 6.45) is 0.914. The Morgan fingerprint density at radius 3 is 2.50 bits per heavy atom. The molecule has 0 fully saturated rings. The Labute approximate surface area is 38.7 Å². The Morgan fingerprint density at radius 2 is 2.33 bits per heavy atom. The summed E-state index contributed by atoms with van der Waals surface area (Å²) in [5.41, 5.74) is 5.08. The molecule has 3 N–H and O–H groups in total. The topological polar surface area (TPSA) is 38.0 Å². The third-order valence-electron chi connectivity index (χ3n) is 0.498. The van der Waals surface area contributed by atoms with Gasteiger partial charge in [0.1, 0.15) is 0 Å². The van der Waals surface area contributed by atoms with Gasteiger partial charge < -0.3 is 11.1 Å². The average Bonchev–Trinajstić information content (AvgIpc) is 1.61. The van der Waals surface area contributed by atoms with Crippen molar-refractivity contribution in [3.63, 3.8) is 0 Å². The molecule has 1 radical (unpaired) electrons. The highest BCUT2D eigenvalue weighted by atomic mass is 14.9. The van der Waals surface area contributed by atoms with Gasteiger partial charge in [-0.3, -0.25) is 0 Å². The summed E-state index contributed by atoms with van der Waals surface area (Å²) < 4.78 is 0. The molecule has 0 rings (SSSR count). The predicted octanol–water partition coefficient (Wildman–Crippen LogP) is -0.284. The van der Waals surface area contributed by atoms with Crippen molar-refractivity contribution in [2.45, 2.75) is 6.42 Å². The van der Waals surface area contributed by atoms with Gasteiger partial charge in [0.15, 0.2) is 0 Å². The van der Waals surface area contributed by atoms with Crippen LogP contribution in [0.3, 0.4) is 0 Å². The van der Waals surface area contributed by atoms with E-state index in [9.17, 15) is 0 Å². The van der Waals surface area contributed by atoms with Crippen LogP contribution in [0.5, 0.6) is 0 Å². The first-order valence-corrected chi connectivity index (χ1v) is 2.12. The Bertz CT molecular complexity index is 17.5. The van der Waals surface area contributed by atoms with Crippen LogP contribution in [0.15, 0.2) is 0 Å². The highest BCUT2D eigenvalue weighted by molar-refractivity contribution is 4.42. The van der Waals surface area contributed by atoms with Gasteiger partial charge in [-0.25, -0.2) is 0 Å². The molecule has 0 atom stereocenters. The molecule has 0 saturated heterocycles. The van der Waals surface area contributed by atoms with E-state index in [0.717, 1.165) is 13.0 Å². The van der Waals surface area contributed by atoms with Gasteiger partial charge in [0.05, 0.1) is 0 Å². The van der Waals surface area contributed by atoms with Gasteiger partial charge in [-0.15, -0.1) is 0 Å². The van der Waals surface area contributed by atoms with Gasteiger partial charge in [-0.1, -0.05) is 6.92 Å². The Kier molecular flexibility index (Phi) is 4.85. The molecule has 0 unspecified atom stereocenters. The smallest absolute Gasteiger partial charge is 0.0428 e. The van der Waals surface area contributed by atoms with E-state index >= 15 is 0 Å². The predicted molar refractivity (Wildman–Crippen MR) is 27.0 cm³/mol. The zero-order valence-electron chi connectivity index (χ0n) is 3.91. The van der Waals surface area contributed by atoms with Crippen molar-refractivity contribution in [1.29, 1.82) is 0 Å². The SMILES string of the molecule is [CH2]CCNCN. The number of nitrogens with one attached hydrogen (secondary N) is 1. The van der Waals surface area contributed by atoms with Crippen LogP contribution in [0.4, 0.5) is 0 Å². The van der Waals surface area contributed by atoms with Crippen LogP contribution in [-0.4, -0.2) is 13.2 Å². The highest BCUT2D eigenvalue weighted by Crippen LogP contribution is 1.62. The van der Waals surface area contributed by atoms with Crippen LogP contribution in [0.1, 0.15) is 6.42 Å². The van der Waals surface area contributed by atoms with Crippen molar-refractivity contribution < 1.29 is 0 Å². The second-order valence-corrected chi connectivity index (χ2v) is 1.06. The van der Waals surface area contributed by atoms with Crippen LogP contribution in [0.2, 0.25) is 0 Å². The van der Waals surface area contributed by atoms with Crippen LogP contribution < -0.4 is 11.1 Å². The first kappa shape index (κ1) is 5.92. The molecule has 0 spiro atoms. The number of rotatable bonds is 3. The number of hydrogen-bond acceptors (Lipinski definition) is 2. The standard InChI is InChI=1S/C4H11N2/c1-2-3-6-4-5/h6H,1-5H2. The molecule has 0 bridgehead atoms. The Balaban J connectivity index is 2.34. The molecule has 0 aliphatic rings. The molecule has 0 aliphatic heterocycles. The monoisotopic (exact) mass is 87.1 g/mol. The molecular formula is C4H11N2. The molecule has 37 valence electrons. The average molecular weight is 87.1 g/mol. The lowest BCUT2D eigenvalue weighted by molar-refractivity contribution is 0.709. The van der Waals surface area contributed by atoms with Gasteiger partial charge in [0, 0.05) is 6.67 Å². The van der Waals surface area contributed by atoms with Crippen molar-refractivity contribution in [3.05, 3.63) is 6.92 Å². The normalized spacial score (nSPS) is 9.00. The second-order valence-electron chi connectivity index (χ2n) is 1.06. The third-order valence-corrected chi connectivity index (χ3v) is 0.498. The fourth-order valence-corrected chi connectivity index (χ4v) is 0.227. The van der Waals surface area contributed by atoms with E-state index in [1.807, 2.05) is 0 Å². The molecule has 0 saturated carbocycles. The number of hydrogen-bond donors (Lipinski definition) is 2. The van der Waals surface area contributed by atoms with E-state index in [1.54, 1.807) is 0 Å². The second kappa shape index (κ2) is 4.92. The molecule has 2 nitrogen and oxygen atoms in total. The minimum Gasteiger partial charge on any atom is -0.318 e. The minimum absolute atomic E-state index is 0.565. The first-order chi connectivity index (χ1) is 2.91. The minimum atomic E-state index is 0.565. The summed E-state index contributed by atoms with van der Waals surface area (Å²) in [6, 6.07) is 0. The van der Waals surface area contributed by atoms with E-state index in [0.29, 0.717) is 6.67 Å². The lowest BCUT2D eigenvalue weighted by atomic mass is 10.5. The van der Waals surface area contributed by atoms with E-state index in [1.165, 1.54) is 0 Å². The lowest BCUT2D eigenvalue weighted by Gasteiger charge is -1.91. The number of nitrogens with two attached hydrogens (primary N) is 1. The van der Waals surface area contributed by atoms with Crippen molar-refractivity contribution >= 4 is 0 Å².